The lowest BCUT2D eigenvalue weighted by Crippen LogP contribution is -2.20. The Balaban J connectivity index is 1.37. The lowest BCUT2D eigenvalue weighted by molar-refractivity contribution is -0.118. The Morgan fingerprint density at radius 2 is 1.60 bits per heavy atom. The number of rotatable bonds is 13. The highest BCUT2D eigenvalue weighted by Crippen LogP contribution is 2.36. The van der Waals surface area contributed by atoms with Crippen molar-refractivity contribution in [3.8, 4) is 23.0 Å². The number of halogens is 2. The Hall–Kier alpha value is -4.73. The number of anilines is 1. The first-order valence-corrected chi connectivity index (χ1v) is 13.9. The van der Waals surface area contributed by atoms with Crippen LogP contribution in [-0.2, 0) is 11.4 Å². The fraction of sp³-hybridized carbons (Fsp3) is 0.156. The molecule has 0 aliphatic carbocycles. The summed E-state index contributed by atoms with van der Waals surface area (Å²) in [6.45, 7) is 2.29. The van der Waals surface area contributed by atoms with Crippen molar-refractivity contribution < 1.29 is 28.5 Å². The van der Waals surface area contributed by atoms with Crippen LogP contribution in [0.25, 0.3) is 0 Å². The predicted octanol–water partition coefficient (Wildman–Crippen LogP) is 6.76. The second kappa shape index (κ2) is 15.5. The monoisotopic (exact) mass is 621 g/mol. The highest BCUT2D eigenvalue weighted by Gasteiger charge is 2.15. The van der Waals surface area contributed by atoms with Gasteiger partial charge in [-0.15, -0.1) is 0 Å². The number of carbonyl (C=O) groups excluding carboxylic acids is 2. The van der Waals surface area contributed by atoms with Gasteiger partial charge in [-0.25, -0.2) is 5.43 Å². The zero-order chi connectivity index (χ0) is 30.6. The van der Waals surface area contributed by atoms with E-state index >= 15 is 0 Å². The van der Waals surface area contributed by atoms with E-state index in [1.165, 1.54) is 13.3 Å². The molecule has 43 heavy (non-hydrogen) atoms. The molecule has 222 valence electrons. The molecule has 9 nitrogen and oxygen atoms in total. The van der Waals surface area contributed by atoms with Crippen molar-refractivity contribution in [1.82, 2.24) is 5.43 Å². The number of methoxy groups -OCH3 is 1. The van der Waals surface area contributed by atoms with Crippen molar-refractivity contribution in [3.05, 3.63) is 112 Å². The normalized spacial score (nSPS) is 10.7. The van der Waals surface area contributed by atoms with Gasteiger partial charge in [0.15, 0.2) is 29.6 Å². The van der Waals surface area contributed by atoms with Gasteiger partial charge in [-0.05, 0) is 60.5 Å². The maximum atomic E-state index is 12.8. The molecule has 0 saturated heterocycles. The Morgan fingerprint density at radius 3 is 2.35 bits per heavy atom. The predicted molar refractivity (Wildman–Crippen MR) is 167 cm³/mol. The molecule has 11 heteroatoms. The third-order valence-electron chi connectivity index (χ3n) is 5.87. The molecule has 0 saturated carbocycles. The molecule has 0 aliphatic rings. The summed E-state index contributed by atoms with van der Waals surface area (Å²) in [5, 5.41) is 7.30. The summed E-state index contributed by atoms with van der Waals surface area (Å²) < 4.78 is 22.6. The summed E-state index contributed by atoms with van der Waals surface area (Å²) in [7, 11) is 1.44. The second-order valence-electron chi connectivity index (χ2n) is 8.92. The van der Waals surface area contributed by atoms with Gasteiger partial charge in [0.2, 0.25) is 0 Å². The van der Waals surface area contributed by atoms with E-state index < -0.39 is 11.8 Å². The molecule has 2 amide bonds. The average Bonchev–Trinajstić information content (AvgIpc) is 3.01. The maximum Gasteiger partial charge on any atom is 0.271 e. The van der Waals surface area contributed by atoms with Gasteiger partial charge >= 0.3 is 0 Å². The van der Waals surface area contributed by atoms with Crippen molar-refractivity contribution >= 4 is 46.9 Å². The first-order chi connectivity index (χ1) is 20.9. The quantitative estimate of drug-likeness (QED) is 0.126. The van der Waals surface area contributed by atoms with Crippen LogP contribution in [0.4, 0.5) is 5.69 Å². The highest BCUT2D eigenvalue weighted by atomic mass is 35.5. The summed E-state index contributed by atoms with van der Waals surface area (Å²) in [5.41, 5.74) is 4.82. The van der Waals surface area contributed by atoms with Gasteiger partial charge < -0.3 is 24.3 Å². The number of hydrogen-bond donors (Lipinski definition) is 2. The van der Waals surface area contributed by atoms with Crippen molar-refractivity contribution in [1.29, 1.82) is 0 Å². The highest BCUT2D eigenvalue weighted by molar-refractivity contribution is 6.33. The Labute approximate surface area is 259 Å². The summed E-state index contributed by atoms with van der Waals surface area (Å²) in [6, 6.07) is 24.7. The number of hydrazone groups is 1. The number of para-hydroxylation sites is 1. The van der Waals surface area contributed by atoms with Crippen LogP contribution in [0.1, 0.15) is 28.4 Å². The standard InChI is InChI=1S/C32H29Cl2N3O6/c1-3-41-28-17-23(13-14-27(28)42-19-21-9-5-4-6-10-21)32(39)37-35-18-22-15-25(34)31(29(16-22)40-2)43-20-30(38)36-26-12-8-7-11-24(26)33/h4-18H,3,19-20H2,1-2H3,(H,36,38)(H,37,39)/b35-18+. The van der Waals surface area contributed by atoms with Gasteiger partial charge in [0.1, 0.15) is 6.61 Å². The zero-order valence-electron chi connectivity index (χ0n) is 23.4. The van der Waals surface area contributed by atoms with Gasteiger partial charge in [-0.1, -0.05) is 65.7 Å². The Kier molecular flexibility index (Phi) is 11.2. The molecular weight excluding hydrogens is 593 g/mol. The SMILES string of the molecule is CCOc1cc(C(=O)N/N=C/c2cc(Cl)c(OCC(=O)Nc3ccccc3Cl)c(OC)c2)ccc1OCc1ccccc1. The average molecular weight is 623 g/mol. The number of nitrogens with zero attached hydrogens (tertiary/aromatic N) is 1. The molecule has 4 aromatic rings. The molecule has 0 aromatic heterocycles. The van der Waals surface area contributed by atoms with Crippen LogP contribution < -0.4 is 29.7 Å². The molecule has 0 unspecified atom stereocenters. The van der Waals surface area contributed by atoms with Gasteiger partial charge in [-0.2, -0.15) is 5.10 Å². The van der Waals surface area contributed by atoms with Crippen LogP contribution in [0.3, 0.4) is 0 Å². The molecule has 4 aromatic carbocycles. The first-order valence-electron chi connectivity index (χ1n) is 13.2. The number of carbonyl (C=O) groups is 2. The van der Waals surface area contributed by atoms with E-state index in [1.807, 2.05) is 37.3 Å². The van der Waals surface area contributed by atoms with Gasteiger partial charge in [0, 0.05) is 5.56 Å². The van der Waals surface area contributed by atoms with E-state index in [0.717, 1.165) is 5.56 Å². The van der Waals surface area contributed by atoms with E-state index in [9.17, 15) is 9.59 Å². The van der Waals surface area contributed by atoms with E-state index in [0.29, 0.717) is 46.5 Å². The summed E-state index contributed by atoms with van der Waals surface area (Å²) in [5.74, 6) is 0.548. The Bertz CT molecular complexity index is 1600. The topological polar surface area (TPSA) is 107 Å². The third-order valence-corrected chi connectivity index (χ3v) is 6.48. The minimum atomic E-state index is -0.450. The number of benzene rings is 4. The molecule has 4 rings (SSSR count). The Morgan fingerprint density at radius 1 is 0.837 bits per heavy atom. The lowest BCUT2D eigenvalue weighted by atomic mass is 10.2. The molecule has 0 bridgehead atoms. The van der Waals surface area contributed by atoms with Crippen LogP contribution in [0.5, 0.6) is 23.0 Å². The van der Waals surface area contributed by atoms with Crippen LogP contribution in [-0.4, -0.2) is 38.4 Å². The fourth-order valence-corrected chi connectivity index (χ4v) is 4.30. The van der Waals surface area contributed by atoms with E-state index in [-0.39, 0.29) is 23.1 Å². The van der Waals surface area contributed by atoms with Crippen LogP contribution in [0.15, 0.2) is 90.0 Å². The van der Waals surface area contributed by atoms with Gasteiger partial charge in [-0.3, -0.25) is 9.59 Å². The summed E-state index contributed by atoms with van der Waals surface area (Å²) >= 11 is 12.5. The van der Waals surface area contributed by atoms with Crippen LogP contribution >= 0.6 is 23.2 Å². The zero-order valence-corrected chi connectivity index (χ0v) is 24.9. The van der Waals surface area contributed by atoms with Crippen molar-refractivity contribution in [3.63, 3.8) is 0 Å². The molecule has 0 heterocycles. The molecule has 0 atom stereocenters. The fourth-order valence-electron chi connectivity index (χ4n) is 3.84. The smallest absolute Gasteiger partial charge is 0.271 e. The number of ether oxygens (including phenoxy) is 4. The molecule has 0 radical (unpaired) electrons. The largest absolute Gasteiger partial charge is 0.493 e. The van der Waals surface area contributed by atoms with Gasteiger partial charge in [0.05, 0.1) is 35.7 Å². The second-order valence-corrected chi connectivity index (χ2v) is 9.73. The molecule has 0 fully saturated rings. The third kappa shape index (κ3) is 8.88. The first kappa shape index (κ1) is 31.2. The summed E-state index contributed by atoms with van der Waals surface area (Å²) in [6.07, 6.45) is 1.40. The molecule has 0 spiro atoms. The lowest BCUT2D eigenvalue weighted by Gasteiger charge is -2.14. The minimum absolute atomic E-state index is 0.178. The van der Waals surface area contributed by atoms with E-state index in [1.54, 1.807) is 54.6 Å². The van der Waals surface area contributed by atoms with Crippen LogP contribution in [0, 0.1) is 0 Å². The van der Waals surface area contributed by atoms with Gasteiger partial charge in [0.25, 0.3) is 11.8 Å². The van der Waals surface area contributed by atoms with Crippen molar-refractivity contribution in [2.75, 3.05) is 25.6 Å². The summed E-state index contributed by atoms with van der Waals surface area (Å²) in [4.78, 5) is 25.1. The number of amides is 2. The van der Waals surface area contributed by atoms with Crippen LogP contribution in [0.2, 0.25) is 10.0 Å². The minimum Gasteiger partial charge on any atom is -0.493 e. The molecule has 0 aliphatic heterocycles. The molecule has 2 N–H and O–H groups in total. The van der Waals surface area contributed by atoms with E-state index in [4.69, 9.17) is 42.1 Å². The number of nitrogens with one attached hydrogen (secondary N) is 2. The number of hydrogen-bond acceptors (Lipinski definition) is 7. The van der Waals surface area contributed by atoms with Crippen molar-refractivity contribution in [2.45, 2.75) is 13.5 Å². The van der Waals surface area contributed by atoms with Crippen molar-refractivity contribution in [2.24, 2.45) is 5.10 Å². The molecular formula is C32H29Cl2N3O6. The maximum absolute atomic E-state index is 12.8. The van der Waals surface area contributed by atoms with E-state index in [2.05, 4.69) is 15.8 Å².